The molecular weight excluding hydrogens is 543 g/mol. The van der Waals surface area contributed by atoms with Gasteiger partial charge < -0.3 is 38.0 Å². The third kappa shape index (κ3) is 7.56. The summed E-state index contributed by atoms with van der Waals surface area (Å²) in [4.78, 5) is 24.3. The number of hydrogen-bond donors (Lipinski definition) is 0. The summed E-state index contributed by atoms with van der Waals surface area (Å²) in [6.45, 7) is 1.19. The Bertz CT molecular complexity index is 1080. The predicted octanol–water partition coefficient (Wildman–Crippen LogP) is 1.97. The summed E-state index contributed by atoms with van der Waals surface area (Å²) in [6, 6.07) is 18.0. The Labute approximate surface area is 219 Å². The number of halogens is 1. The van der Waals surface area contributed by atoms with Crippen molar-refractivity contribution >= 4 is 28.5 Å². The summed E-state index contributed by atoms with van der Waals surface area (Å²) < 4.78 is 13.1. The first-order valence-corrected chi connectivity index (χ1v) is 11.5. The molecule has 0 amide bonds. The van der Waals surface area contributed by atoms with Gasteiger partial charge in [-0.15, -0.1) is 0 Å². The van der Waals surface area contributed by atoms with Gasteiger partial charge in [-0.25, -0.2) is 4.79 Å². The number of carbonyl (C=O) groups excluding carboxylic acids is 2. The third-order valence-electron chi connectivity index (χ3n) is 5.80. The van der Waals surface area contributed by atoms with Crippen molar-refractivity contribution in [1.82, 2.24) is 9.05 Å². The number of nitrogens with zero attached hydrogens (tertiary/aromatic N) is 2. The number of aromatic nitrogens is 1. The van der Waals surface area contributed by atoms with Crippen LogP contribution in [0.3, 0.4) is 0 Å². The van der Waals surface area contributed by atoms with Crippen LogP contribution in [0.2, 0.25) is 0 Å². The van der Waals surface area contributed by atoms with Gasteiger partial charge in [-0.05, 0) is 49.1 Å². The number of methoxy groups -OCH3 is 1. The van der Waals surface area contributed by atoms with Crippen molar-refractivity contribution in [3.05, 3.63) is 65.9 Å². The monoisotopic (exact) mass is 578 g/mol. The van der Waals surface area contributed by atoms with Crippen LogP contribution in [0.25, 0.3) is 10.9 Å². The molecule has 0 bridgehead atoms. The number of benzene rings is 2. The number of carbonyl (C=O) groups is 2. The van der Waals surface area contributed by atoms with E-state index < -0.39 is 0 Å². The summed E-state index contributed by atoms with van der Waals surface area (Å²) in [7, 11) is 7.75. The average Bonchev–Trinajstić information content (AvgIpc) is 3.16. The number of unbranched alkanes of at least 4 members (excludes halogenated alkanes) is 3. The molecule has 184 valence electrons. The quantitative estimate of drug-likeness (QED) is 0.151. The zero-order chi connectivity index (χ0) is 23.8. The van der Waals surface area contributed by atoms with Gasteiger partial charge in [0, 0.05) is 17.4 Å². The van der Waals surface area contributed by atoms with Crippen LogP contribution in [0.5, 0.6) is 0 Å². The number of ether oxygens (including phenoxy) is 2. The Morgan fingerprint density at radius 2 is 1.59 bits per heavy atom. The second kappa shape index (κ2) is 12.9. The molecule has 0 N–H and O–H groups in total. The van der Waals surface area contributed by atoms with Crippen LogP contribution in [-0.4, -0.2) is 51.4 Å². The van der Waals surface area contributed by atoms with Gasteiger partial charge in [0.1, 0.15) is 11.4 Å². The van der Waals surface area contributed by atoms with E-state index >= 15 is 0 Å². The molecule has 0 radical (unpaired) electrons. The minimum Gasteiger partial charge on any atom is -1.00 e. The fourth-order valence-electron chi connectivity index (χ4n) is 3.92. The van der Waals surface area contributed by atoms with Crippen LogP contribution in [0.4, 0.5) is 5.69 Å². The highest BCUT2D eigenvalue weighted by molar-refractivity contribution is 5.95. The topological polar surface area (TPSA) is 57.5 Å². The van der Waals surface area contributed by atoms with E-state index in [4.69, 9.17) is 9.47 Å². The molecule has 0 aliphatic carbocycles. The maximum atomic E-state index is 12.1. The van der Waals surface area contributed by atoms with Gasteiger partial charge in [-0.1, -0.05) is 36.8 Å². The summed E-state index contributed by atoms with van der Waals surface area (Å²) in [6.07, 6.45) is 4.04. The maximum absolute atomic E-state index is 12.1. The van der Waals surface area contributed by atoms with Crippen molar-refractivity contribution in [2.75, 3.05) is 34.9 Å². The van der Waals surface area contributed by atoms with E-state index in [0.717, 1.165) is 53.2 Å². The SMILES string of the molecule is COC(=O)c1cc2ccccc2n1CCCCCCOC(=O)Cc1ccc([N+](C)(C)C)cc1.[I-]. The minimum atomic E-state index is -0.315. The van der Waals surface area contributed by atoms with E-state index in [1.54, 1.807) is 0 Å². The fraction of sp³-hybridized carbons (Fsp3) is 0.407. The molecule has 0 atom stereocenters. The van der Waals surface area contributed by atoms with Gasteiger partial charge in [-0.3, -0.25) is 9.28 Å². The van der Waals surface area contributed by atoms with E-state index in [1.807, 2.05) is 47.0 Å². The number of hydrogen-bond acceptors (Lipinski definition) is 4. The van der Waals surface area contributed by atoms with E-state index in [0.29, 0.717) is 18.7 Å². The summed E-state index contributed by atoms with van der Waals surface area (Å²) >= 11 is 0. The van der Waals surface area contributed by atoms with Gasteiger partial charge in [0.05, 0.1) is 41.3 Å². The average molecular weight is 578 g/mol. The molecule has 1 aromatic heterocycles. The first kappa shape index (κ1) is 27.9. The lowest BCUT2D eigenvalue weighted by Gasteiger charge is -2.23. The Kier molecular flexibility index (Phi) is 10.6. The Hall–Kier alpha value is -2.39. The molecule has 0 aliphatic rings. The van der Waals surface area contributed by atoms with Crippen LogP contribution >= 0.6 is 0 Å². The molecule has 0 aliphatic heterocycles. The summed E-state index contributed by atoms with van der Waals surface area (Å²) in [5, 5.41) is 1.04. The smallest absolute Gasteiger partial charge is 0.354 e. The molecule has 1 heterocycles. The summed E-state index contributed by atoms with van der Waals surface area (Å²) in [5.74, 6) is -0.500. The first-order chi connectivity index (χ1) is 15.8. The maximum Gasteiger partial charge on any atom is 0.354 e. The normalized spacial score (nSPS) is 11.2. The molecule has 0 saturated carbocycles. The highest BCUT2D eigenvalue weighted by atomic mass is 127. The summed E-state index contributed by atoms with van der Waals surface area (Å²) in [5.41, 5.74) is 3.79. The predicted molar refractivity (Wildman–Crippen MR) is 132 cm³/mol. The van der Waals surface area contributed by atoms with Crippen molar-refractivity contribution in [3.8, 4) is 0 Å². The molecule has 0 fully saturated rings. The highest BCUT2D eigenvalue weighted by Crippen LogP contribution is 2.22. The second-order valence-corrected chi connectivity index (χ2v) is 9.22. The molecular formula is C27H35IN2O4. The first-order valence-electron chi connectivity index (χ1n) is 11.5. The van der Waals surface area contributed by atoms with Gasteiger partial charge in [0.2, 0.25) is 0 Å². The molecule has 3 rings (SSSR count). The third-order valence-corrected chi connectivity index (χ3v) is 5.80. The van der Waals surface area contributed by atoms with Gasteiger partial charge >= 0.3 is 11.9 Å². The lowest BCUT2D eigenvalue weighted by Crippen LogP contribution is -3.00. The van der Waals surface area contributed by atoms with Crippen LogP contribution in [0.1, 0.15) is 41.7 Å². The Morgan fingerprint density at radius 3 is 2.26 bits per heavy atom. The minimum absolute atomic E-state index is 0. The second-order valence-electron chi connectivity index (χ2n) is 9.22. The zero-order valence-electron chi connectivity index (χ0n) is 20.6. The van der Waals surface area contributed by atoms with E-state index in [1.165, 1.54) is 12.8 Å². The van der Waals surface area contributed by atoms with Crippen molar-refractivity contribution in [3.63, 3.8) is 0 Å². The molecule has 34 heavy (non-hydrogen) atoms. The van der Waals surface area contributed by atoms with Crippen LogP contribution < -0.4 is 28.5 Å². The molecule has 0 unspecified atom stereocenters. The zero-order valence-corrected chi connectivity index (χ0v) is 22.7. The molecule has 3 aromatic rings. The Balaban J connectivity index is 0.00000408. The molecule has 2 aromatic carbocycles. The molecule has 0 spiro atoms. The largest absolute Gasteiger partial charge is 1.00 e. The number of aryl methyl sites for hydroxylation is 1. The Morgan fingerprint density at radius 1 is 0.912 bits per heavy atom. The van der Waals surface area contributed by atoms with Crippen molar-refractivity contribution in [2.24, 2.45) is 0 Å². The molecule has 6 nitrogen and oxygen atoms in total. The van der Waals surface area contributed by atoms with Gasteiger partial charge in [-0.2, -0.15) is 0 Å². The number of esters is 2. The van der Waals surface area contributed by atoms with Crippen LogP contribution in [0.15, 0.2) is 54.6 Å². The number of para-hydroxylation sites is 1. The van der Waals surface area contributed by atoms with Gasteiger partial charge in [0.15, 0.2) is 0 Å². The lowest BCUT2D eigenvalue weighted by atomic mass is 10.1. The van der Waals surface area contributed by atoms with Crippen LogP contribution in [-0.2, 0) is 27.2 Å². The molecule has 7 heteroatoms. The van der Waals surface area contributed by atoms with E-state index in [9.17, 15) is 9.59 Å². The number of rotatable bonds is 11. The highest BCUT2D eigenvalue weighted by Gasteiger charge is 2.15. The lowest BCUT2D eigenvalue weighted by molar-refractivity contribution is -0.142. The van der Waals surface area contributed by atoms with Crippen molar-refractivity contribution < 1.29 is 43.0 Å². The molecule has 0 saturated heterocycles. The van der Waals surface area contributed by atoms with E-state index in [2.05, 4.69) is 33.3 Å². The fourth-order valence-corrected chi connectivity index (χ4v) is 3.92. The van der Waals surface area contributed by atoms with Gasteiger partial charge in [0.25, 0.3) is 0 Å². The van der Waals surface area contributed by atoms with Crippen molar-refractivity contribution in [2.45, 2.75) is 38.6 Å². The number of quaternary nitrogens is 1. The standard InChI is InChI=1S/C27H35N2O4.HI/c1-29(2,3)23-15-13-21(14-16-23)19-26(30)33-18-10-6-5-9-17-28-24-12-8-7-11-22(24)20-25(28)27(31)32-4;/h7-8,11-16,20H,5-6,9-10,17-19H2,1-4H3;1H/q+1;/p-1. The van der Waals surface area contributed by atoms with Crippen molar-refractivity contribution in [1.29, 1.82) is 0 Å². The van der Waals surface area contributed by atoms with E-state index in [-0.39, 0.29) is 35.9 Å². The number of fused-ring (bicyclic) bond motifs is 1. The van der Waals surface area contributed by atoms with Crippen LogP contribution in [0, 0.1) is 0 Å².